The number of Topliss-reactive ketones (excluding diaryl/α,β-unsaturated/α-hetero) is 1. The van der Waals surface area contributed by atoms with Crippen molar-refractivity contribution in [1.82, 2.24) is 0 Å². The molecule has 1 atom stereocenters. The minimum absolute atomic E-state index is 0.204. The first-order chi connectivity index (χ1) is 13.5. The van der Waals surface area contributed by atoms with Crippen molar-refractivity contribution in [1.29, 1.82) is 0 Å². The van der Waals surface area contributed by atoms with Crippen molar-refractivity contribution in [3.05, 3.63) is 111 Å². The van der Waals surface area contributed by atoms with Crippen molar-refractivity contribution < 1.29 is 19.2 Å². The molecule has 0 bridgehead atoms. The van der Waals surface area contributed by atoms with Gasteiger partial charge in [0.15, 0.2) is 6.10 Å². The number of nitrogens with zero attached hydrogens (tertiary/aromatic N) is 1. The van der Waals surface area contributed by atoms with E-state index in [4.69, 9.17) is 4.74 Å². The van der Waals surface area contributed by atoms with Gasteiger partial charge >= 0.3 is 5.97 Å². The highest BCUT2D eigenvalue weighted by Crippen LogP contribution is 2.26. The zero-order valence-corrected chi connectivity index (χ0v) is 15.1. The lowest BCUT2D eigenvalue weighted by atomic mass is 9.99. The van der Waals surface area contributed by atoms with Crippen LogP contribution >= 0.6 is 0 Å². The van der Waals surface area contributed by atoms with Crippen molar-refractivity contribution >= 4 is 17.4 Å². The normalized spacial score (nSPS) is 11.5. The molecule has 0 aliphatic heterocycles. The number of esters is 1. The number of nitro groups is 1. The Balaban J connectivity index is 1.97. The number of carbonyl (C=O) groups excluding carboxylic acids is 2. The van der Waals surface area contributed by atoms with Crippen LogP contribution in [0.1, 0.15) is 37.9 Å². The molecule has 1 unspecified atom stereocenters. The number of rotatable bonds is 6. The average molecular weight is 375 g/mol. The highest BCUT2D eigenvalue weighted by Gasteiger charge is 2.29. The Morgan fingerprint density at radius 3 is 2.14 bits per heavy atom. The topological polar surface area (TPSA) is 86.5 Å². The molecule has 6 heteroatoms. The van der Waals surface area contributed by atoms with Crippen LogP contribution < -0.4 is 0 Å². The summed E-state index contributed by atoms with van der Waals surface area (Å²) in [6.07, 6.45) is -1.21. The largest absolute Gasteiger partial charge is 0.445 e. The number of carbonyl (C=O) groups is 2. The van der Waals surface area contributed by atoms with Crippen LogP contribution in [-0.4, -0.2) is 16.7 Å². The van der Waals surface area contributed by atoms with Crippen molar-refractivity contribution in [3.8, 4) is 0 Å². The number of hydrogen-bond acceptors (Lipinski definition) is 5. The number of ketones is 1. The zero-order valence-electron chi connectivity index (χ0n) is 15.1. The number of para-hydroxylation sites is 1. The second-order valence-corrected chi connectivity index (χ2v) is 6.20. The fourth-order valence-corrected chi connectivity index (χ4v) is 2.75. The van der Waals surface area contributed by atoms with Gasteiger partial charge in [-0.1, -0.05) is 72.3 Å². The summed E-state index contributed by atoms with van der Waals surface area (Å²) in [5.41, 5.74) is 1.28. The van der Waals surface area contributed by atoms with E-state index >= 15 is 0 Å². The van der Waals surface area contributed by atoms with Crippen LogP contribution in [0, 0.1) is 17.0 Å². The van der Waals surface area contributed by atoms with Crippen LogP contribution in [-0.2, 0) is 4.74 Å². The van der Waals surface area contributed by atoms with Gasteiger partial charge in [0.2, 0.25) is 5.78 Å². The van der Waals surface area contributed by atoms with E-state index in [1.54, 1.807) is 54.6 Å². The van der Waals surface area contributed by atoms with E-state index in [1.807, 2.05) is 6.92 Å². The Hall–Kier alpha value is -3.80. The lowest BCUT2D eigenvalue weighted by Gasteiger charge is -2.17. The van der Waals surface area contributed by atoms with Gasteiger partial charge in [0.05, 0.1) is 4.92 Å². The minimum Gasteiger partial charge on any atom is -0.445 e. The quantitative estimate of drug-likeness (QED) is 0.270. The Labute approximate surface area is 161 Å². The first kappa shape index (κ1) is 19.0. The van der Waals surface area contributed by atoms with E-state index in [9.17, 15) is 19.7 Å². The third-order valence-corrected chi connectivity index (χ3v) is 4.22. The van der Waals surface area contributed by atoms with Gasteiger partial charge in [0.25, 0.3) is 5.69 Å². The molecule has 0 radical (unpaired) electrons. The van der Waals surface area contributed by atoms with E-state index < -0.39 is 22.8 Å². The number of ether oxygens (including phenoxy) is 1. The molecular weight excluding hydrogens is 358 g/mol. The van der Waals surface area contributed by atoms with Gasteiger partial charge < -0.3 is 4.74 Å². The van der Waals surface area contributed by atoms with Crippen LogP contribution in [0.15, 0.2) is 78.9 Å². The fourth-order valence-electron chi connectivity index (χ4n) is 2.75. The SMILES string of the molecule is Cc1ccc(C(=O)C(OC(=O)c2ccccc2[N+](=O)[O-])c2ccccc2)cc1. The van der Waals surface area contributed by atoms with Gasteiger partial charge in [0, 0.05) is 17.2 Å². The third kappa shape index (κ3) is 4.12. The molecule has 140 valence electrons. The number of aryl methyl sites for hydroxylation is 1. The van der Waals surface area contributed by atoms with E-state index in [-0.39, 0.29) is 11.3 Å². The molecule has 3 aromatic carbocycles. The molecule has 0 aliphatic rings. The van der Waals surface area contributed by atoms with E-state index in [0.29, 0.717) is 11.1 Å². The molecule has 0 saturated heterocycles. The van der Waals surface area contributed by atoms with Crippen LogP contribution in [0.5, 0.6) is 0 Å². The zero-order chi connectivity index (χ0) is 20.1. The molecule has 3 rings (SSSR count). The summed E-state index contributed by atoms with van der Waals surface area (Å²) >= 11 is 0. The first-order valence-electron chi connectivity index (χ1n) is 8.57. The predicted molar refractivity (Wildman–Crippen MR) is 103 cm³/mol. The Bertz CT molecular complexity index is 1010. The average Bonchev–Trinajstić information content (AvgIpc) is 2.72. The van der Waals surface area contributed by atoms with Gasteiger partial charge in [-0.25, -0.2) is 4.79 Å². The number of nitro benzene ring substituents is 1. The number of hydrogen-bond donors (Lipinski definition) is 0. The van der Waals surface area contributed by atoms with Crippen molar-refractivity contribution in [2.24, 2.45) is 0 Å². The lowest BCUT2D eigenvalue weighted by Crippen LogP contribution is -2.21. The predicted octanol–water partition coefficient (Wildman–Crippen LogP) is 4.68. The van der Waals surface area contributed by atoms with E-state index in [2.05, 4.69) is 0 Å². The highest BCUT2D eigenvalue weighted by atomic mass is 16.6. The monoisotopic (exact) mass is 375 g/mol. The van der Waals surface area contributed by atoms with Crippen molar-refractivity contribution in [2.75, 3.05) is 0 Å². The summed E-state index contributed by atoms with van der Waals surface area (Å²) in [5, 5.41) is 11.2. The molecule has 0 aliphatic carbocycles. The Morgan fingerprint density at radius 2 is 1.50 bits per heavy atom. The molecule has 6 nitrogen and oxygen atoms in total. The molecule has 0 fully saturated rings. The maximum absolute atomic E-state index is 13.0. The van der Waals surface area contributed by atoms with Gasteiger partial charge in [-0.3, -0.25) is 14.9 Å². The summed E-state index contributed by atoms with van der Waals surface area (Å²) in [6.45, 7) is 1.90. The third-order valence-electron chi connectivity index (χ3n) is 4.22. The molecule has 0 spiro atoms. The minimum atomic E-state index is -1.21. The molecule has 0 heterocycles. The molecule has 28 heavy (non-hydrogen) atoms. The van der Waals surface area contributed by atoms with Crippen LogP contribution in [0.25, 0.3) is 0 Å². The van der Waals surface area contributed by atoms with Gasteiger partial charge in [-0.2, -0.15) is 0 Å². The maximum Gasteiger partial charge on any atom is 0.346 e. The van der Waals surface area contributed by atoms with Gasteiger partial charge in [-0.15, -0.1) is 0 Å². The molecule has 0 amide bonds. The maximum atomic E-state index is 13.0. The molecular formula is C22H17NO5. The molecule has 0 aromatic heterocycles. The molecule has 0 N–H and O–H groups in total. The highest BCUT2D eigenvalue weighted by molar-refractivity contribution is 6.02. The van der Waals surface area contributed by atoms with Crippen LogP contribution in [0.2, 0.25) is 0 Å². The van der Waals surface area contributed by atoms with Crippen molar-refractivity contribution in [2.45, 2.75) is 13.0 Å². The first-order valence-corrected chi connectivity index (χ1v) is 8.57. The molecule has 3 aromatic rings. The summed E-state index contributed by atoms with van der Waals surface area (Å²) in [4.78, 5) is 36.2. The van der Waals surface area contributed by atoms with Crippen LogP contribution in [0.4, 0.5) is 5.69 Å². The fraction of sp³-hybridized carbons (Fsp3) is 0.0909. The molecule has 0 saturated carbocycles. The van der Waals surface area contributed by atoms with Gasteiger partial charge in [0.1, 0.15) is 5.56 Å². The Kier molecular flexibility index (Phi) is 5.60. The summed E-state index contributed by atoms with van der Waals surface area (Å²) in [5.74, 6) is -1.33. The van der Waals surface area contributed by atoms with Crippen LogP contribution in [0.3, 0.4) is 0 Å². The van der Waals surface area contributed by atoms with E-state index in [1.165, 1.54) is 24.3 Å². The summed E-state index contributed by atoms with van der Waals surface area (Å²) < 4.78 is 5.47. The smallest absolute Gasteiger partial charge is 0.346 e. The van der Waals surface area contributed by atoms with Crippen molar-refractivity contribution in [3.63, 3.8) is 0 Å². The number of benzene rings is 3. The Morgan fingerprint density at radius 1 is 0.893 bits per heavy atom. The lowest BCUT2D eigenvalue weighted by molar-refractivity contribution is -0.385. The standard InChI is InChI=1S/C22H17NO5/c1-15-11-13-16(14-12-15)20(24)21(17-7-3-2-4-8-17)28-22(25)18-9-5-6-10-19(18)23(26)27/h2-14,21H,1H3. The second kappa shape index (κ2) is 8.26. The van der Waals surface area contributed by atoms with E-state index in [0.717, 1.165) is 5.56 Å². The van der Waals surface area contributed by atoms with Gasteiger partial charge in [-0.05, 0) is 13.0 Å². The summed E-state index contributed by atoms with van der Waals surface area (Å²) in [7, 11) is 0. The summed E-state index contributed by atoms with van der Waals surface area (Å²) in [6, 6.07) is 21.0. The second-order valence-electron chi connectivity index (χ2n) is 6.20.